The molecule has 6 nitrogen and oxygen atoms in total. The Balaban J connectivity index is 1.19. The maximum atomic E-state index is 13.0. The molecule has 3 heterocycles. The molecule has 3 fully saturated rings. The highest BCUT2D eigenvalue weighted by Gasteiger charge is 2.33. The molecular weight excluding hydrogens is 447 g/mol. The van der Waals surface area contributed by atoms with Crippen LogP contribution in [0.4, 0.5) is 13.2 Å². The van der Waals surface area contributed by atoms with Crippen LogP contribution >= 0.6 is 0 Å². The van der Waals surface area contributed by atoms with Gasteiger partial charge < -0.3 is 14.5 Å². The minimum absolute atomic E-state index is 0.0819. The van der Waals surface area contributed by atoms with Crippen molar-refractivity contribution in [2.24, 2.45) is 11.8 Å². The Bertz CT molecular complexity index is 824. The quantitative estimate of drug-likeness (QED) is 0.646. The van der Waals surface area contributed by atoms with Gasteiger partial charge in [-0.05, 0) is 68.8 Å². The zero-order valence-electron chi connectivity index (χ0n) is 19.6. The Labute approximate surface area is 199 Å². The minimum atomic E-state index is -4.42. The van der Waals surface area contributed by atoms with Crippen molar-refractivity contribution in [1.29, 1.82) is 0 Å². The van der Waals surface area contributed by atoms with Gasteiger partial charge in [0.05, 0.1) is 18.8 Å². The Morgan fingerprint density at radius 2 is 1.44 bits per heavy atom. The second-order valence-corrected chi connectivity index (χ2v) is 9.65. The first-order valence-electron chi connectivity index (χ1n) is 12.4. The Morgan fingerprint density at radius 3 is 2.03 bits per heavy atom. The molecule has 1 aromatic rings. The SMILES string of the molecule is O=C(c1ccc(C(F)(F)F)cc1)N1CCC(C(=O)N2CCC(CCN3CCOCC3)CC2)CC1. The maximum absolute atomic E-state index is 13.0. The van der Waals surface area contributed by atoms with Crippen molar-refractivity contribution in [3.63, 3.8) is 0 Å². The molecule has 3 aliphatic rings. The number of nitrogens with zero attached hydrogens (tertiary/aromatic N) is 3. The van der Waals surface area contributed by atoms with Crippen LogP contribution in [0.2, 0.25) is 0 Å². The smallest absolute Gasteiger partial charge is 0.379 e. The number of hydrogen-bond donors (Lipinski definition) is 0. The van der Waals surface area contributed by atoms with Crippen molar-refractivity contribution < 1.29 is 27.5 Å². The molecule has 0 unspecified atom stereocenters. The monoisotopic (exact) mass is 481 g/mol. The van der Waals surface area contributed by atoms with Gasteiger partial charge in [0.15, 0.2) is 0 Å². The number of carbonyl (C=O) groups excluding carboxylic acids is 2. The summed E-state index contributed by atoms with van der Waals surface area (Å²) in [5.41, 5.74) is -0.518. The Morgan fingerprint density at radius 1 is 0.853 bits per heavy atom. The fraction of sp³-hybridized carbons (Fsp3) is 0.680. The third-order valence-corrected chi connectivity index (χ3v) is 7.47. The topological polar surface area (TPSA) is 53.1 Å². The van der Waals surface area contributed by atoms with E-state index in [0.29, 0.717) is 31.8 Å². The first kappa shape index (κ1) is 25.0. The van der Waals surface area contributed by atoms with Crippen LogP contribution in [-0.2, 0) is 15.7 Å². The van der Waals surface area contributed by atoms with Crippen LogP contribution in [0.5, 0.6) is 0 Å². The molecule has 9 heteroatoms. The lowest BCUT2D eigenvalue weighted by Gasteiger charge is -2.38. The summed E-state index contributed by atoms with van der Waals surface area (Å²) in [6.07, 6.45) is 0.0387. The van der Waals surface area contributed by atoms with E-state index in [4.69, 9.17) is 4.74 Å². The predicted octanol–water partition coefficient (Wildman–Crippen LogP) is 3.52. The van der Waals surface area contributed by atoms with Crippen LogP contribution in [0, 0.1) is 11.8 Å². The highest BCUT2D eigenvalue weighted by atomic mass is 19.4. The number of morpholine rings is 1. The molecule has 0 aliphatic carbocycles. The fourth-order valence-electron chi connectivity index (χ4n) is 5.20. The maximum Gasteiger partial charge on any atom is 0.416 e. The second-order valence-electron chi connectivity index (χ2n) is 9.65. The molecule has 3 saturated heterocycles. The number of alkyl halides is 3. The molecule has 0 radical (unpaired) electrons. The van der Waals surface area contributed by atoms with Crippen LogP contribution in [0.15, 0.2) is 24.3 Å². The lowest BCUT2D eigenvalue weighted by atomic mass is 9.90. The molecule has 0 spiro atoms. The number of hydrogen-bond acceptors (Lipinski definition) is 4. The van der Waals surface area contributed by atoms with Gasteiger partial charge in [-0.1, -0.05) is 0 Å². The van der Waals surface area contributed by atoms with Gasteiger partial charge in [-0.25, -0.2) is 0 Å². The summed E-state index contributed by atoms with van der Waals surface area (Å²) >= 11 is 0. The van der Waals surface area contributed by atoms with Gasteiger partial charge >= 0.3 is 6.18 Å². The zero-order chi connectivity index (χ0) is 24.1. The van der Waals surface area contributed by atoms with Crippen molar-refractivity contribution in [3.05, 3.63) is 35.4 Å². The van der Waals surface area contributed by atoms with Gasteiger partial charge in [-0.2, -0.15) is 13.2 Å². The first-order chi connectivity index (χ1) is 16.3. The molecule has 0 atom stereocenters. The third kappa shape index (κ3) is 6.30. The average Bonchev–Trinajstić information content (AvgIpc) is 2.87. The van der Waals surface area contributed by atoms with Crippen LogP contribution in [0.25, 0.3) is 0 Å². The number of rotatable bonds is 5. The fourth-order valence-corrected chi connectivity index (χ4v) is 5.20. The second kappa shape index (κ2) is 11.1. The highest BCUT2D eigenvalue weighted by molar-refractivity contribution is 5.94. The van der Waals surface area contributed by atoms with Gasteiger partial charge in [0.1, 0.15) is 0 Å². The van der Waals surface area contributed by atoms with Gasteiger partial charge in [0.2, 0.25) is 5.91 Å². The molecule has 4 rings (SSSR count). The number of halogens is 3. The van der Waals surface area contributed by atoms with E-state index in [9.17, 15) is 22.8 Å². The van der Waals surface area contributed by atoms with Crippen LogP contribution in [0.3, 0.4) is 0 Å². The lowest BCUT2D eigenvalue weighted by Crippen LogP contribution is -2.46. The van der Waals surface area contributed by atoms with Gasteiger partial charge in [-0.3, -0.25) is 14.5 Å². The zero-order valence-corrected chi connectivity index (χ0v) is 19.6. The first-order valence-corrected chi connectivity index (χ1v) is 12.4. The summed E-state index contributed by atoms with van der Waals surface area (Å²) in [6, 6.07) is 4.33. The van der Waals surface area contributed by atoms with E-state index >= 15 is 0 Å². The number of piperidine rings is 2. The Kier molecular flexibility index (Phi) is 8.14. The molecule has 2 amide bonds. The summed E-state index contributed by atoms with van der Waals surface area (Å²) in [4.78, 5) is 31.8. The standard InChI is InChI=1S/C25H34F3N3O3/c26-25(27,28)22-3-1-20(2-4-22)23(32)31-13-8-21(9-14-31)24(33)30-11-6-19(7-12-30)5-10-29-15-17-34-18-16-29/h1-4,19,21H,5-18H2. The Hall–Kier alpha value is -2.13. The summed E-state index contributed by atoms with van der Waals surface area (Å²) in [6.45, 7) is 7.28. The van der Waals surface area contributed by atoms with E-state index in [-0.39, 0.29) is 23.3 Å². The molecule has 0 aromatic heterocycles. The van der Waals surface area contributed by atoms with Crippen molar-refractivity contribution in [3.8, 4) is 0 Å². The highest BCUT2D eigenvalue weighted by Crippen LogP contribution is 2.30. The molecule has 0 N–H and O–H groups in total. The molecule has 34 heavy (non-hydrogen) atoms. The normalized spacial score (nSPS) is 21.6. The van der Waals surface area contributed by atoms with Gasteiger partial charge in [0.25, 0.3) is 5.91 Å². The minimum Gasteiger partial charge on any atom is -0.379 e. The molecule has 3 aliphatic heterocycles. The molecular formula is C25H34F3N3O3. The van der Waals surface area contributed by atoms with E-state index in [2.05, 4.69) is 4.90 Å². The van der Waals surface area contributed by atoms with Crippen molar-refractivity contribution in [2.45, 2.75) is 38.3 Å². The van der Waals surface area contributed by atoms with Crippen molar-refractivity contribution >= 4 is 11.8 Å². The number of amides is 2. The van der Waals surface area contributed by atoms with Crippen molar-refractivity contribution in [2.75, 3.05) is 59.0 Å². The predicted molar refractivity (Wildman–Crippen MR) is 121 cm³/mol. The largest absolute Gasteiger partial charge is 0.416 e. The van der Waals surface area contributed by atoms with E-state index in [0.717, 1.165) is 70.9 Å². The van der Waals surface area contributed by atoms with Gasteiger partial charge in [-0.15, -0.1) is 0 Å². The molecule has 1 aromatic carbocycles. The van der Waals surface area contributed by atoms with Crippen LogP contribution in [0.1, 0.15) is 48.0 Å². The lowest BCUT2D eigenvalue weighted by molar-refractivity contribution is -0.138. The van der Waals surface area contributed by atoms with E-state index < -0.39 is 11.7 Å². The van der Waals surface area contributed by atoms with E-state index in [1.165, 1.54) is 18.6 Å². The van der Waals surface area contributed by atoms with Crippen LogP contribution < -0.4 is 0 Å². The van der Waals surface area contributed by atoms with E-state index in [1.54, 1.807) is 4.90 Å². The summed E-state index contributed by atoms with van der Waals surface area (Å²) in [7, 11) is 0. The number of benzene rings is 1. The molecule has 188 valence electrons. The van der Waals surface area contributed by atoms with Gasteiger partial charge in [0, 0.05) is 50.7 Å². The molecule has 0 bridgehead atoms. The number of carbonyl (C=O) groups is 2. The number of ether oxygens (including phenoxy) is 1. The summed E-state index contributed by atoms with van der Waals surface area (Å²) < 4.78 is 43.6. The number of likely N-dealkylation sites (tertiary alicyclic amines) is 2. The third-order valence-electron chi connectivity index (χ3n) is 7.47. The van der Waals surface area contributed by atoms with E-state index in [1.807, 2.05) is 4.90 Å². The van der Waals surface area contributed by atoms with Crippen molar-refractivity contribution in [1.82, 2.24) is 14.7 Å². The molecule has 0 saturated carbocycles. The van der Waals surface area contributed by atoms with Crippen LogP contribution in [-0.4, -0.2) is 85.5 Å². The average molecular weight is 482 g/mol. The summed E-state index contributed by atoms with van der Waals surface area (Å²) in [5, 5.41) is 0. The summed E-state index contributed by atoms with van der Waals surface area (Å²) in [5.74, 6) is 0.491.